The highest BCUT2D eigenvalue weighted by Gasteiger charge is 2.14. The van der Waals surface area contributed by atoms with Crippen molar-refractivity contribution in [2.45, 2.75) is 52.0 Å². The summed E-state index contributed by atoms with van der Waals surface area (Å²) in [6.07, 6.45) is 4.64. The number of carbonyl (C=O) groups is 1. The van der Waals surface area contributed by atoms with Crippen LogP contribution in [0.3, 0.4) is 0 Å². The van der Waals surface area contributed by atoms with Crippen molar-refractivity contribution in [1.29, 1.82) is 0 Å². The number of rotatable bonds is 9. The lowest BCUT2D eigenvalue weighted by Crippen LogP contribution is -2.34. The van der Waals surface area contributed by atoms with E-state index in [1.165, 1.54) is 24.7 Å². The molecule has 1 N–H and O–H groups in total. The highest BCUT2D eigenvalue weighted by atomic mass is 16.5. The van der Waals surface area contributed by atoms with Gasteiger partial charge in [0, 0.05) is 6.04 Å². The van der Waals surface area contributed by atoms with Crippen molar-refractivity contribution >= 4 is 5.97 Å². The summed E-state index contributed by atoms with van der Waals surface area (Å²) in [6.45, 7) is 5.24. The molecule has 0 aromatic heterocycles. The Hall–Kier alpha value is -1.35. The largest absolute Gasteiger partial charge is 0.469 e. The van der Waals surface area contributed by atoms with E-state index in [1.54, 1.807) is 0 Å². The van der Waals surface area contributed by atoms with Crippen molar-refractivity contribution < 1.29 is 9.53 Å². The third kappa shape index (κ3) is 6.20. The highest BCUT2D eigenvalue weighted by molar-refractivity contribution is 5.70. The summed E-state index contributed by atoms with van der Waals surface area (Å²) >= 11 is 0. The topological polar surface area (TPSA) is 38.3 Å². The Labute approximate surface area is 122 Å². The molecule has 1 atom stereocenters. The average molecular weight is 277 g/mol. The van der Waals surface area contributed by atoms with Crippen LogP contribution in [-0.2, 0) is 22.4 Å². The molecule has 0 radical (unpaired) electrons. The van der Waals surface area contributed by atoms with Crippen molar-refractivity contribution in [2.24, 2.45) is 0 Å². The third-order valence-electron chi connectivity index (χ3n) is 3.37. The van der Waals surface area contributed by atoms with Crippen molar-refractivity contribution in [2.75, 3.05) is 13.7 Å². The van der Waals surface area contributed by atoms with E-state index in [0.29, 0.717) is 6.42 Å². The predicted octanol–water partition coefficient (Wildman–Crippen LogP) is 3.11. The molecule has 1 unspecified atom stereocenters. The van der Waals surface area contributed by atoms with Crippen LogP contribution < -0.4 is 5.32 Å². The van der Waals surface area contributed by atoms with Gasteiger partial charge in [0.1, 0.15) is 0 Å². The van der Waals surface area contributed by atoms with Crippen LogP contribution in [0.15, 0.2) is 24.3 Å². The molecular weight excluding hydrogens is 250 g/mol. The first-order chi connectivity index (χ1) is 9.69. The maximum absolute atomic E-state index is 11.5. The molecule has 0 spiro atoms. The summed E-state index contributed by atoms with van der Waals surface area (Å²) in [5.74, 6) is -0.152. The zero-order valence-corrected chi connectivity index (χ0v) is 12.9. The van der Waals surface area contributed by atoms with Crippen molar-refractivity contribution in [3.63, 3.8) is 0 Å². The summed E-state index contributed by atoms with van der Waals surface area (Å²) in [5.41, 5.74) is 2.64. The van der Waals surface area contributed by atoms with Crippen molar-refractivity contribution in [1.82, 2.24) is 5.32 Å². The second-order valence-electron chi connectivity index (χ2n) is 5.20. The van der Waals surface area contributed by atoms with E-state index in [9.17, 15) is 4.79 Å². The highest BCUT2D eigenvalue weighted by Crippen LogP contribution is 2.10. The molecule has 112 valence electrons. The minimum absolute atomic E-state index is 0.152. The molecule has 3 nitrogen and oxygen atoms in total. The summed E-state index contributed by atoms with van der Waals surface area (Å²) in [4.78, 5) is 11.5. The van der Waals surface area contributed by atoms with Crippen LogP contribution in [0.5, 0.6) is 0 Å². The van der Waals surface area contributed by atoms with Gasteiger partial charge in [-0.05, 0) is 36.9 Å². The van der Waals surface area contributed by atoms with Gasteiger partial charge in [0.2, 0.25) is 0 Å². The molecule has 0 fully saturated rings. The zero-order chi connectivity index (χ0) is 14.8. The number of ether oxygens (including phenoxy) is 1. The quantitative estimate of drug-likeness (QED) is 0.705. The Balaban J connectivity index is 2.60. The molecule has 0 aliphatic heterocycles. The average Bonchev–Trinajstić information content (AvgIpc) is 2.47. The smallest absolute Gasteiger partial charge is 0.307 e. The van der Waals surface area contributed by atoms with Gasteiger partial charge in [0.05, 0.1) is 13.5 Å². The lowest BCUT2D eigenvalue weighted by molar-refractivity contribution is -0.141. The molecule has 1 aromatic carbocycles. The third-order valence-corrected chi connectivity index (χ3v) is 3.37. The molecule has 0 saturated heterocycles. The van der Waals surface area contributed by atoms with Crippen LogP contribution >= 0.6 is 0 Å². The summed E-state index contributed by atoms with van der Waals surface area (Å²) in [5, 5.41) is 3.42. The van der Waals surface area contributed by atoms with E-state index in [1.807, 2.05) is 0 Å². The molecule has 3 heteroatoms. The summed E-state index contributed by atoms with van der Waals surface area (Å²) < 4.78 is 4.77. The van der Waals surface area contributed by atoms with Gasteiger partial charge in [-0.25, -0.2) is 0 Å². The number of methoxy groups -OCH3 is 1. The van der Waals surface area contributed by atoms with E-state index in [-0.39, 0.29) is 12.0 Å². The molecule has 0 aliphatic carbocycles. The number of aryl methyl sites for hydroxylation is 1. The molecule has 0 amide bonds. The lowest BCUT2D eigenvalue weighted by Gasteiger charge is -2.17. The van der Waals surface area contributed by atoms with Gasteiger partial charge in [0.15, 0.2) is 0 Å². The number of benzene rings is 1. The zero-order valence-electron chi connectivity index (χ0n) is 12.9. The normalized spacial score (nSPS) is 12.2. The van der Waals surface area contributed by atoms with Crippen LogP contribution in [0.25, 0.3) is 0 Å². The Bertz CT molecular complexity index is 386. The van der Waals surface area contributed by atoms with Crippen LogP contribution in [0.2, 0.25) is 0 Å². The monoisotopic (exact) mass is 277 g/mol. The first-order valence-corrected chi connectivity index (χ1v) is 7.57. The summed E-state index contributed by atoms with van der Waals surface area (Å²) in [7, 11) is 1.44. The fourth-order valence-corrected chi connectivity index (χ4v) is 2.26. The second-order valence-corrected chi connectivity index (χ2v) is 5.20. The molecule has 0 saturated carbocycles. The first kappa shape index (κ1) is 16.7. The molecular formula is C17H27NO2. The number of hydrogen-bond donors (Lipinski definition) is 1. The Morgan fingerprint density at radius 2 is 1.80 bits per heavy atom. The molecule has 1 rings (SSSR count). The number of esters is 1. The van der Waals surface area contributed by atoms with E-state index in [2.05, 4.69) is 43.4 Å². The van der Waals surface area contributed by atoms with Gasteiger partial charge in [-0.1, -0.05) is 44.5 Å². The SMILES string of the molecule is CCCNC(CC(=O)OC)Cc1ccc(CCC)cc1. The van der Waals surface area contributed by atoms with E-state index in [4.69, 9.17) is 4.74 Å². The molecule has 0 heterocycles. The molecule has 20 heavy (non-hydrogen) atoms. The van der Waals surface area contributed by atoms with Gasteiger partial charge in [-0.2, -0.15) is 0 Å². The Morgan fingerprint density at radius 1 is 1.15 bits per heavy atom. The summed E-state index contributed by atoms with van der Waals surface area (Å²) in [6, 6.07) is 8.87. The maximum atomic E-state index is 11.5. The standard InChI is InChI=1S/C17H27NO2/c1-4-6-14-7-9-15(10-8-14)12-16(18-11-5-2)13-17(19)20-3/h7-10,16,18H,4-6,11-13H2,1-3H3. The Morgan fingerprint density at radius 3 is 2.35 bits per heavy atom. The Kier molecular flexibility index (Phi) is 7.97. The second kappa shape index (κ2) is 9.54. The molecule has 0 aliphatic rings. The first-order valence-electron chi connectivity index (χ1n) is 7.57. The predicted molar refractivity (Wildman–Crippen MR) is 82.9 cm³/mol. The van der Waals surface area contributed by atoms with Gasteiger partial charge in [-0.3, -0.25) is 4.79 Å². The number of nitrogens with one attached hydrogen (secondary N) is 1. The fraction of sp³-hybridized carbons (Fsp3) is 0.588. The minimum atomic E-state index is -0.152. The fourth-order valence-electron chi connectivity index (χ4n) is 2.26. The minimum Gasteiger partial charge on any atom is -0.469 e. The van der Waals surface area contributed by atoms with Crippen molar-refractivity contribution in [3.8, 4) is 0 Å². The molecule has 0 bridgehead atoms. The number of hydrogen-bond acceptors (Lipinski definition) is 3. The van der Waals surface area contributed by atoms with Crippen LogP contribution in [-0.4, -0.2) is 25.7 Å². The van der Waals surface area contributed by atoms with E-state index < -0.39 is 0 Å². The van der Waals surface area contributed by atoms with Crippen LogP contribution in [0.1, 0.15) is 44.2 Å². The van der Waals surface area contributed by atoms with Crippen LogP contribution in [0.4, 0.5) is 0 Å². The van der Waals surface area contributed by atoms with E-state index >= 15 is 0 Å². The lowest BCUT2D eigenvalue weighted by atomic mass is 10.0. The van der Waals surface area contributed by atoms with Crippen LogP contribution in [0, 0.1) is 0 Å². The van der Waals surface area contributed by atoms with E-state index in [0.717, 1.165) is 25.8 Å². The van der Waals surface area contributed by atoms with Gasteiger partial charge in [0.25, 0.3) is 0 Å². The van der Waals surface area contributed by atoms with Crippen molar-refractivity contribution in [3.05, 3.63) is 35.4 Å². The van der Waals surface area contributed by atoms with Gasteiger partial charge in [-0.15, -0.1) is 0 Å². The maximum Gasteiger partial charge on any atom is 0.307 e. The number of carbonyl (C=O) groups excluding carboxylic acids is 1. The van der Waals surface area contributed by atoms with Gasteiger partial charge < -0.3 is 10.1 Å². The van der Waals surface area contributed by atoms with Gasteiger partial charge >= 0.3 is 5.97 Å². The molecule has 1 aromatic rings.